The number of carbonyl (C=O) groups excluding carboxylic acids is 1. The molecule has 0 aromatic carbocycles. The van der Waals surface area contributed by atoms with Crippen molar-refractivity contribution >= 4 is 6.16 Å². The van der Waals surface area contributed by atoms with Gasteiger partial charge in [0.1, 0.15) is 0 Å². The van der Waals surface area contributed by atoms with Crippen molar-refractivity contribution in [1.82, 2.24) is 0 Å². The van der Waals surface area contributed by atoms with Gasteiger partial charge in [0.2, 0.25) is 0 Å². The molecule has 3 heteroatoms. The van der Waals surface area contributed by atoms with Crippen molar-refractivity contribution < 1.29 is 14.3 Å². The van der Waals surface area contributed by atoms with Gasteiger partial charge in [-0.15, -0.1) is 0 Å². The molecule has 0 N–H and O–H groups in total. The minimum Gasteiger partial charge on any atom is -0.435 e. The molecule has 1 atom stereocenters. The molecule has 0 spiro atoms. The second kappa shape index (κ2) is 10.8. The van der Waals surface area contributed by atoms with Crippen molar-refractivity contribution in [2.45, 2.75) is 59.3 Å². The Morgan fingerprint density at radius 3 is 2.31 bits per heavy atom. The Balaban J connectivity index is 3.43. The summed E-state index contributed by atoms with van der Waals surface area (Å²) < 4.78 is 9.60. The van der Waals surface area contributed by atoms with E-state index in [0.29, 0.717) is 13.2 Å². The molecule has 1 unspecified atom stereocenters. The van der Waals surface area contributed by atoms with Crippen LogP contribution in [0.5, 0.6) is 0 Å². The van der Waals surface area contributed by atoms with Crippen molar-refractivity contribution in [2.24, 2.45) is 5.92 Å². The second-order valence-corrected chi connectivity index (χ2v) is 4.09. The molecular weight excluding hydrogens is 204 g/mol. The average Bonchev–Trinajstić information content (AvgIpc) is 2.28. The highest BCUT2D eigenvalue weighted by Crippen LogP contribution is 2.18. The lowest BCUT2D eigenvalue weighted by atomic mass is 9.94. The maximum absolute atomic E-state index is 10.9. The summed E-state index contributed by atoms with van der Waals surface area (Å²) in [5.41, 5.74) is 0. The Hall–Kier alpha value is -0.730. The van der Waals surface area contributed by atoms with Gasteiger partial charge < -0.3 is 9.47 Å². The first kappa shape index (κ1) is 15.3. The fourth-order valence-corrected chi connectivity index (χ4v) is 1.73. The summed E-state index contributed by atoms with van der Waals surface area (Å²) in [6, 6.07) is 0. The molecule has 0 rings (SSSR count). The Morgan fingerprint density at radius 1 is 1.06 bits per heavy atom. The lowest BCUT2D eigenvalue weighted by Crippen LogP contribution is -2.09. The summed E-state index contributed by atoms with van der Waals surface area (Å²) >= 11 is 0. The second-order valence-electron chi connectivity index (χ2n) is 4.09. The summed E-state index contributed by atoms with van der Waals surface area (Å²) in [5.74, 6) is 0.783. The van der Waals surface area contributed by atoms with Crippen LogP contribution >= 0.6 is 0 Å². The van der Waals surface area contributed by atoms with Crippen LogP contribution in [0.15, 0.2) is 0 Å². The quantitative estimate of drug-likeness (QED) is 0.441. The minimum atomic E-state index is -0.538. The number of rotatable bonds is 9. The Morgan fingerprint density at radius 2 is 1.75 bits per heavy atom. The predicted octanol–water partition coefficient (Wildman–Crippen LogP) is 4.16. The zero-order chi connectivity index (χ0) is 12.2. The Bertz CT molecular complexity index is 169. The van der Waals surface area contributed by atoms with Gasteiger partial charge >= 0.3 is 6.16 Å². The molecule has 0 fully saturated rings. The number of ether oxygens (including phenoxy) is 2. The monoisotopic (exact) mass is 230 g/mol. The lowest BCUT2D eigenvalue weighted by Gasteiger charge is -2.13. The zero-order valence-electron chi connectivity index (χ0n) is 11.0. The lowest BCUT2D eigenvalue weighted by molar-refractivity contribution is 0.0569. The van der Waals surface area contributed by atoms with Crippen molar-refractivity contribution in [3.8, 4) is 0 Å². The van der Waals surface area contributed by atoms with E-state index in [2.05, 4.69) is 18.6 Å². The van der Waals surface area contributed by atoms with Crippen LogP contribution in [-0.2, 0) is 9.47 Å². The predicted molar refractivity (Wildman–Crippen MR) is 65.5 cm³/mol. The molecule has 3 nitrogen and oxygen atoms in total. The maximum atomic E-state index is 10.9. The van der Waals surface area contributed by atoms with Crippen molar-refractivity contribution in [2.75, 3.05) is 13.2 Å². The molecule has 0 amide bonds. The van der Waals surface area contributed by atoms with Crippen LogP contribution in [0.4, 0.5) is 4.79 Å². The van der Waals surface area contributed by atoms with E-state index >= 15 is 0 Å². The Kier molecular flexibility index (Phi) is 10.3. The topological polar surface area (TPSA) is 35.5 Å². The third kappa shape index (κ3) is 8.57. The SMILES string of the molecule is CCCCC(CC)CCCOC(=O)OCC. The molecule has 16 heavy (non-hydrogen) atoms. The molecule has 0 aromatic rings. The third-order valence-corrected chi connectivity index (χ3v) is 2.78. The van der Waals surface area contributed by atoms with Crippen LogP contribution in [-0.4, -0.2) is 19.4 Å². The van der Waals surface area contributed by atoms with E-state index < -0.39 is 6.16 Å². The fraction of sp³-hybridized carbons (Fsp3) is 0.923. The van der Waals surface area contributed by atoms with Gasteiger partial charge in [0.25, 0.3) is 0 Å². The summed E-state index contributed by atoms with van der Waals surface area (Å²) in [5, 5.41) is 0. The normalized spacial score (nSPS) is 12.2. The highest BCUT2D eigenvalue weighted by atomic mass is 16.7. The van der Waals surface area contributed by atoms with Gasteiger partial charge in [-0.25, -0.2) is 4.79 Å². The van der Waals surface area contributed by atoms with Gasteiger partial charge in [-0.2, -0.15) is 0 Å². The first-order chi connectivity index (χ1) is 7.74. The standard InChI is InChI=1S/C13H26O3/c1-4-7-9-12(5-2)10-8-11-16-13(14)15-6-3/h12H,4-11H2,1-3H3. The summed E-state index contributed by atoms with van der Waals surface area (Å²) in [6.07, 6.45) is 6.64. The number of unbranched alkanes of at least 4 members (excludes halogenated alkanes) is 1. The summed E-state index contributed by atoms with van der Waals surface area (Å²) in [7, 11) is 0. The van der Waals surface area contributed by atoms with Crippen LogP contribution in [0.25, 0.3) is 0 Å². The maximum Gasteiger partial charge on any atom is 0.508 e. The third-order valence-electron chi connectivity index (χ3n) is 2.78. The van der Waals surface area contributed by atoms with Gasteiger partial charge in [0.15, 0.2) is 0 Å². The van der Waals surface area contributed by atoms with Gasteiger partial charge in [-0.1, -0.05) is 39.5 Å². The molecule has 0 aliphatic carbocycles. The van der Waals surface area contributed by atoms with Gasteiger partial charge in [0.05, 0.1) is 13.2 Å². The van der Waals surface area contributed by atoms with Crippen molar-refractivity contribution in [3.05, 3.63) is 0 Å². The zero-order valence-corrected chi connectivity index (χ0v) is 11.0. The van der Waals surface area contributed by atoms with Crippen LogP contribution in [0.1, 0.15) is 59.3 Å². The van der Waals surface area contributed by atoms with Crippen LogP contribution in [0, 0.1) is 5.92 Å². The van der Waals surface area contributed by atoms with Crippen LogP contribution in [0.3, 0.4) is 0 Å². The van der Waals surface area contributed by atoms with E-state index in [9.17, 15) is 4.79 Å². The van der Waals surface area contributed by atoms with Crippen molar-refractivity contribution in [1.29, 1.82) is 0 Å². The van der Waals surface area contributed by atoms with E-state index in [1.54, 1.807) is 6.92 Å². The minimum absolute atomic E-state index is 0.382. The summed E-state index contributed by atoms with van der Waals surface area (Å²) in [4.78, 5) is 10.9. The molecule has 0 aliphatic rings. The first-order valence-corrected chi connectivity index (χ1v) is 6.54. The molecule has 96 valence electrons. The van der Waals surface area contributed by atoms with Gasteiger partial charge in [-0.05, 0) is 25.7 Å². The smallest absolute Gasteiger partial charge is 0.435 e. The summed E-state index contributed by atoms with van der Waals surface area (Å²) in [6.45, 7) is 7.09. The average molecular weight is 230 g/mol. The van der Waals surface area contributed by atoms with E-state index in [4.69, 9.17) is 4.74 Å². The van der Waals surface area contributed by atoms with Crippen molar-refractivity contribution in [3.63, 3.8) is 0 Å². The number of hydrogen-bond acceptors (Lipinski definition) is 3. The number of hydrogen-bond donors (Lipinski definition) is 0. The van der Waals surface area contributed by atoms with E-state index in [1.165, 1.54) is 25.7 Å². The largest absolute Gasteiger partial charge is 0.508 e. The van der Waals surface area contributed by atoms with E-state index in [0.717, 1.165) is 18.8 Å². The van der Waals surface area contributed by atoms with Crippen LogP contribution < -0.4 is 0 Å². The first-order valence-electron chi connectivity index (χ1n) is 6.54. The molecular formula is C13H26O3. The van der Waals surface area contributed by atoms with Gasteiger partial charge in [-0.3, -0.25) is 0 Å². The Labute approximate surface area is 99.5 Å². The molecule has 0 radical (unpaired) electrons. The number of carbonyl (C=O) groups is 1. The molecule has 0 aromatic heterocycles. The molecule has 0 saturated heterocycles. The molecule has 0 bridgehead atoms. The van der Waals surface area contributed by atoms with E-state index in [-0.39, 0.29) is 0 Å². The van der Waals surface area contributed by atoms with E-state index in [1.807, 2.05) is 0 Å². The molecule has 0 saturated carbocycles. The highest BCUT2D eigenvalue weighted by molar-refractivity contribution is 5.59. The molecule has 0 heterocycles. The molecule has 0 aliphatic heterocycles. The highest BCUT2D eigenvalue weighted by Gasteiger charge is 2.07. The van der Waals surface area contributed by atoms with Gasteiger partial charge in [0, 0.05) is 0 Å². The van der Waals surface area contributed by atoms with Crippen LogP contribution in [0.2, 0.25) is 0 Å². The fourth-order valence-electron chi connectivity index (χ4n) is 1.73.